The number of likely N-dealkylation sites (N-methyl/N-ethyl adjacent to an activating group) is 1. The Labute approximate surface area is 101 Å². The second-order valence-electron chi connectivity index (χ2n) is 3.97. The van der Waals surface area contributed by atoms with Crippen molar-refractivity contribution in [2.45, 2.75) is 6.54 Å². The maximum atomic E-state index is 11.9. The fourth-order valence-electron chi connectivity index (χ4n) is 2.10. The zero-order chi connectivity index (χ0) is 11.3. The smallest absolute Gasteiger partial charge is 0.270 e. The number of carbonyl (C=O) groups excluding carboxylic acids is 1. The molecule has 0 spiro atoms. The third-order valence-corrected chi connectivity index (χ3v) is 3.41. The van der Waals surface area contributed by atoms with E-state index in [4.69, 9.17) is 0 Å². The van der Waals surface area contributed by atoms with Gasteiger partial charge in [0.1, 0.15) is 10.3 Å². The van der Waals surface area contributed by atoms with Crippen molar-refractivity contribution in [1.82, 2.24) is 14.5 Å². The molecule has 3 rings (SSSR count). The SMILES string of the molecule is CN1CCn2c(cc3cc(Br)ncc32)C1=O. The molecule has 82 valence electrons. The summed E-state index contributed by atoms with van der Waals surface area (Å²) in [7, 11) is 1.83. The Morgan fingerprint density at radius 2 is 2.19 bits per heavy atom. The quantitative estimate of drug-likeness (QED) is 0.691. The molecule has 0 unspecified atom stereocenters. The van der Waals surface area contributed by atoms with Crippen LogP contribution in [-0.4, -0.2) is 34.0 Å². The summed E-state index contributed by atoms with van der Waals surface area (Å²) in [6.45, 7) is 1.59. The van der Waals surface area contributed by atoms with Crippen molar-refractivity contribution in [1.29, 1.82) is 0 Å². The summed E-state index contributed by atoms with van der Waals surface area (Å²) < 4.78 is 2.83. The molecule has 1 aliphatic rings. The zero-order valence-corrected chi connectivity index (χ0v) is 10.4. The third-order valence-electron chi connectivity index (χ3n) is 2.98. The number of rotatable bonds is 0. The molecule has 3 heterocycles. The Morgan fingerprint density at radius 1 is 1.38 bits per heavy atom. The first-order chi connectivity index (χ1) is 7.66. The zero-order valence-electron chi connectivity index (χ0n) is 8.77. The molecule has 0 N–H and O–H groups in total. The number of carbonyl (C=O) groups is 1. The van der Waals surface area contributed by atoms with Gasteiger partial charge in [0.2, 0.25) is 0 Å². The molecule has 0 aromatic carbocycles. The first-order valence-corrected chi connectivity index (χ1v) is 5.86. The van der Waals surface area contributed by atoms with Gasteiger partial charge in [-0.25, -0.2) is 4.98 Å². The van der Waals surface area contributed by atoms with Crippen LogP contribution in [0.25, 0.3) is 10.9 Å². The molecule has 0 bridgehead atoms. The van der Waals surface area contributed by atoms with Crippen LogP contribution in [-0.2, 0) is 6.54 Å². The summed E-state index contributed by atoms with van der Waals surface area (Å²) >= 11 is 3.34. The van der Waals surface area contributed by atoms with Crippen LogP contribution in [0.1, 0.15) is 10.5 Å². The van der Waals surface area contributed by atoms with Gasteiger partial charge in [0.15, 0.2) is 0 Å². The molecule has 0 radical (unpaired) electrons. The lowest BCUT2D eigenvalue weighted by atomic mass is 10.3. The lowest BCUT2D eigenvalue weighted by molar-refractivity contribution is 0.0751. The van der Waals surface area contributed by atoms with Crippen LogP contribution in [0.5, 0.6) is 0 Å². The standard InChI is InChI=1S/C11H10BrN3O/c1-14-2-3-15-8(11(14)16)4-7-5-10(12)13-6-9(7)15/h4-6H,2-3H2,1H3. The van der Waals surface area contributed by atoms with Crippen LogP contribution in [0, 0.1) is 0 Å². The van der Waals surface area contributed by atoms with Crippen LogP contribution in [0.15, 0.2) is 22.9 Å². The predicted molar refractivity (Wildman–Crippen MR) is 64.4 cm³/mol. The van der Waals surface area contributed by atoms with Gasteiger partial charge in [0, 0.05) is 25.5 Å². The van der Waals surface area contributed by atoms with Crippen molar-refractivity contribution in [3.05, 3.63) is 28.6 Å². The highest BCUT2D eigenvalue weighted by Crippen LogP contribution is 2.24. The van der Waals surface area contributed by atoms with E-state index in [0.717, 1.165) is 34.3 Å². The number of fused-ring (bicyclic) bond motifs is 3. The number of hydrogen-bond acceptors (Lipinski definition) is 2. The van der Waals surface area contributed by atoms with Gasteiger partial charge in [-0.1, -0.05) is 0 Å². The molecular weight excluding hydrogens is 270 g/mol. The van der Waals surface area contributed by atoms with Gasteiger partial charge < -0.3 is 9.47 Å². The van der Waals surface area contributed by atoms with Crippen LogP contribution in [0.4, 0.5) is 0 Å². The fraction of sp³-hybridized carbons (Fsp3) is 0.273. The molecule has 5 heteroatoms. The van der Waals surface area contributed by atoms with E-state index in [2.05, 4.69) is 20.9 Å². The summed E-state index contributed by atoms with van der Waals surface area (Å²) in [5.41, 5.74) is 1.78. The molecule has 1 amide bonds. The molecule has 4 nitrogen and oxygen atoms in total. The van der Waals surface area contributed by atoms with E-state index >= 15 is 0 Å². The third kappa shape index (κ3) is 1.28. The number of pyridine rings is 1. The number of halogens is 1. The number of hydrogen-bond donors (Lipinski definition) is 0. The molecule has 2 aromatic rings. The Morgan fingerprint density at radius 3 is 3.00 bits per heavy atom. The second kappa shape index (κ2) is 3.31. The fourth-order valence-corrected chi connectivity index (χ4v) is 2.45. The number of nitrogens with zero attached hydrogens (tertiary/aromatic N) is 3. The van der Waals surface area contributed by atoms with Crippen LogP contribution in [0.3, 0.4) is 0 Å². The summed E-state index contributed by atoms with van der Waals surface area (Å²) in [4.78, 5) is 17.9. The molecule has 0 atom stereocenters. The molecule has 1 aliphatic heterocycles. The largest absolute Gasteiger partial charge is 0.339 e. The highest BCUT2D eigenvalue weighted by molar-refractivity contribution is 9.10. The Kier molecular flexibility index (Phi) is 2.04. The van der Waals surface area contributed by atoms with Gasteiger partial charge in [-0.2, -0.15) is 0 Å². The normalized spacial score (nSPS) is 15.6. The number of amides is 1. The summed E-state index contributed by atoms with van der Waals surface area (Å²) in [5, 5.41) is 1.06. The van der Waals surface area contributed by atoms with E-state index < -0.39 is 0 Å². The van der Waals surface area contributed by atoms with Gasteiger partial charge in [-0.15, -0.1) is 0 Å². The summed E-state index contributed by atoms with van der Waals surface area (Å²) in [6.07, 6.45) is 1.81. The van der Waals surface area contributed by atoms with Crippen molar-refractivity contribution in [2.24, 2.45) is 0 Å². The van der Waals surface area contributed by atoms with Crippen molar-refractivity contribution in [3.8, 4) is 0 Å². The van der Waals surface area contributed by atoms with E-state index in [-0.39, 0.29) is 5.91 Å². The second-order valence-corrected chi connectivity index (χ2v) is 4.79. The van der Waals surface area contributed by atoms with Gasteiger partial charge in [0.25, 0.3) is 5.91 Å². The summed E-state index contributed by atoms with van der Waals surface area (Å²) in [6, 6.07) is 3.87. The molecule has 2 aromatic heterocycles. The maximum absolute atomic E-state index is 11.9. The first-order valence-electron chi connectivity index (χ1n) is 5.07. The van der Waals surface area contributed by atoms with Gasteiger partial charge in [0.05, 0.1) is 11.7 Å². The lowest BCUT2D eigenvalue weighted by Gasteiger charge is -2.24. The van der Waals surface area contributed by atoms with E-state index in [1.807, 2.05) is 29.9 Å². The van der Waals surface area contributed by atoms with Crippen LogP contribution >= 0.6 is 15.9 Å². The Balaban J connectivity index is 2.30. The van der Waals surface area contributed by atoms with Crippen molar-refractivity contribution < 1.29 is 4.79 Å². The predicted octanol–water partition coefficient (Wildman–Crippen LogP) is 1.88. The minimum atomic E-state index is 0.0820. The van der Waals surface area contributed by atoms with Gasteiger partial charge >= 0.3 is 0 Å². The minimum Gasteiger partial charge on any atom is -0.339 e. The molecule has 0 fully saturated rings. The molecule has 16 heavy (non-hydrogen) atoms. The van der Waals surface area contributed by atoms with E-state index in [0.29, 0.717) is 0 Å². The van der Waals surface area contributed by atoms with Crippen LogP contribution < -0.4 is 0 Å². The van der Waals surface area contributed by atoms with Crippen molar-refractivity contribution in [3.63, 3.8) is 0 Å². The summed E-state index contributed by atoms with van der Waals surface area (Å²) in [5.74, 6) is 0.0820. The molecule has 0 aliphatic carbocycles. The Hall–Kier alpha value is -1.36. The maximum Gasteiger partial charge on any atom is 0.270 e. The molecular formula is C11H10BrN3O. The van der Waals surface area contributed by atoms with Crippen LogP contribution in [0.2, 0.25) is 0 Å². The minimum absolute atomic E-state index is 0.0820. The van der Waals surface area contributed by atoms with E-state index in [1.54, 1.807) is 4.90 Å². The average molecular weight is 280 g/mol. The van der Waals surface area contributed by atoms with Gasteiger partial charge in [-0.05, 0) is 28.1 Å². The average Bonchev–Trinajstić information content (AvgIpc) is 2.62. The highest BCUT2D eigenvalue weighted by Gasteiger charge is 2.23. The Bertz CT molecular complexity index is 590. The highest BCUT2D eigenvalue weighted by atomic mass is 79.9. The topological polar surface area (TPSA) is 38.1 Å². The van der Waals surface area contributed by atoms with E-state index in [1.165, 1.54) is 0 Å². The molecule has 0 saturated carbocycles. The first kappa shape index (κ1) is 9.84. The van der Waals surface area contributed by atoms with Crippen molar-refractivity contribution in [2.75, 3.05) is 13.6 Å². The lowest BCUT2D eigenvalue weighted by Crippen LogP contribution is -2.36. The van der Waals surface area contributed by atoms with Crippen molar-refractivity contribution >= 4 is 32.7 Å². The monoisotopic (exact) mass is 279 g/mol. The van der Waals surface area contributed by atoms with E-state index in [9.17, 15) is 4.79 Å². The van der Waals surface area contributed by atoms with Gasteiger partial charge in [-0.3, -0.25) is 4.79 Å². The number of aromatic nitrogens is 2. The molecule has 0 saturated heterocycles.